The molecule has 0 radical (unpaired) electrons. The maximum Gasteiger partial charge on any atom is 0.433 e. The molecule has 1 saturated carbocycles. The number of imidazole rings is 1. The number of aliphatic hydroxyl groups is 1. The number of carbonyl (C=O) groups excluding carboxylic acids is 1. The monoisotopic (exact) mass is 450 g/mol. The van der Waals surface area contributed by atoms with Crippen LogP contribution in [0.1, 0.15) is 50.8 Å². The molecule has 0 spiro atoms. The number of amides is 1. The summed E-state index contributed by atoms with van der Waals surface area (Å²) in [5.74, 6) is -0.981. The fourth-order valence-electron chi connectivity index (χ4n) is 4.01. The lowest BCUT2D eigenvalue weighted by molar-refractivity contribution is -0.141. The van der Waals surface area contributed by atoms with E-state index in [0.29, 0.717) is 18.4 Å². The predicted octanol–water partition coefficient (Wildman–Crippen LogP) is 4.72. The van der Waals surface area contributed by atoms with Crippen LogP contribution in [0.2, 0.25) is 0 Å². The molecule has 1 fully saturated rings. The molecule has 2 heterocycles. The predicted molar refractivity (Wildman–Crippen MR) is 109 cm³/mol. The van der Waals surface area contributed by atoms with Gasteiger partial charge in [0.25, 0.3) is 0 Å². The minimum absolute atomic E-state index is 0.0441. The normalized spacial score (nSPS) is 17.6. The van der Waals surface area contributed by atoms with Gasteiger partial charge in [-0.05, 0) is 62.9 Å². The van der Waals surface area contributed by atoms with Crippen LogP contribution in [-0.2, 0) is 22.1 Å². The maximum atomic E-state index is 13.2. The Labute approximate surface area is 181 Å². The van der Waals surface area contributed by atoms with Crippen LogP contribution >= 0.6 is 0 Å². The molecule has 3 aromatic rings. The second-order valence-corrected chi connectivity index (χ2v) is 8.66. The Morgan fingerprint density at radius 2 is 1.81 bits per heavy atom. The van der Waals surface area contributed by atoms with E-state index in [1.807, 2.05) is 6.92 Å². The van der Waals surface area contributed by atoms with Gasteiger partial charge in [0.1, 0.15) is 17.0 Å². The van der Waals surface area contributed by atoms with E-state index in [9.17, 15) is 27.5 Å². The number of anilines is 1. The summed E-state index contributed by atoms with van der Waals surface area (Å²) in [7, 11) is 0. The molecule has 1 amide bonds. The first-order chi connectivity index (χ1) is 14.9. The summed E-state index contributed by atoms with van der Waals surface area (Å²) in [4.78, 5) is 20.9. The van der Waals surface area contributed by atoms with Crippen LogP contribution in [0, 0.1) is 5.82 Å². The van der Waals surface area contributed by atoms with E-state index >= 15 is 0 Å². The SMILES string of the molecule is CC(O)(CC(=O)Nc1nc2ccc(C(F)(F)F)nc2n1C1(C)CCC1)c1ccc(F)cc1. The second-order valence-electron chi connectivity index (χ2n) is 8.66. The van der Waals surface area contributed by atoms with Crippen LogP contribution in [0.25, 0.3) is 11.2 Å². The van der Waals surface area contributed by atoms with Gasteiger partial charge in [0, 0.05) is 5.54 Å². The topological polar surface area (TPSA) is 80.0 Å². The number of hydrogen-bond donors (Lipinski definition) is 2. The number of fused-ring (bicyclic) bond motifs is 1. The van der Waals surface area contributed by atoms with E-state index in [0.717, 1.165) is 12.5 Å². The number of halogens is 4. The molecule has 1 aliphatic rings. The molecule has 2 aromatic heterocycles. The fourth-order valence-corrected chi connectivity index (χ4v) is 4.01. The Bertz CT molecular complexity index is 1170. The molecular weight excluding hydrogens is 428 g/mol. The highest BCUT2D eigenvalue weighted by atomic mass is 19.4. The van der Waals surface area contributed by atoms with Crippen LogP contribution in [-0.4, -0.2) is 25.5 Å². The molecule has 0 bridgehead atoms. The third kappa shape index (κ3) is 4.06. The lowest BCUT2D eigenvalue weighted by Crippen LogP contribution is -2.39. The zero-order valence-electron chi connectivity index (χ0n) is 17.5. The van der Waals surface area contributed by atoms with E-state index in [2.05, 4.69) is 15.3 Å². The minimum atomic E-state index is -4.61. The van der Waals surface area contributed by atoms with Gasteiger partial charge in [-0.2, -0.15) is 13.2 Å². The highest BCUT2D eigenvalue weighted by Crippen LogP contribution is 2.43. The number of carbonyl (C=O) groups is 1. The van der Waals surface area contributed by atoms with Crippen molar-refractivity contribution in [2.75, 3.05) is 5.32 Å². The lowest BCUT2D eigenvalue weighted by atomic mass is 9.78. The van der Waals surface area contributed by atoms with Crippen molar-refractivity contribution >= 4 is 23.0 Å². The van der Waals surface area contributed by atoms with Crippen LogP contribution < -0.4 is 5.32 Å². The van der Waals surface area contributed by atoms with Crippen molar-refractivity contribution in [1.29, 1.82) is 0 Å². The molecule has 1 unspecified atom stereocenters. The van der Waals surface area contributed by atoms with Crippen LogP contribution in [0.5, 0.6) is 0 Å². The summed E-state index contributed by atoms with van der Waals surface area (Å²) in [6.45, 7) is 3.30. The molecular formula is C22H22F4N4O2. The van der Waals surface area contributed by atoms with Crippen LogP contribution in [0.4, 0.5) is 23.5 Å². The van der Waals surface area contributed by atoms with E-state index in [-0.39, 0.29) is 23.5 Å². The Morgan fingerprint density at radius 1 is 1.16 bits per heavy atom. The first-order valence-electron chi connectivity index (χ1n) is 10.1. The summed E-state index contributed by atoms with van der Waals surface area (Å²) < 4.78 is 54.4. The summed E-state index contributed by atoms with van der Waals surface area (Å²) in [5, 5.41) is 13.4. The number of nitrogens with zero attached hydrogens (tertiary/aromatic N) is 3. The lowest BCUT2D eigenvalue weighted by Gasteiger charge is -2.40. The van der Waals surface area contributed by atoms with Crippen molar-refractivity contribution in [3.8, 4) is 0 Å². The summed E-state index contributed by atoms with van der Waals surface area (Å²) >= 11 is 0. The van der Waals surface area contributed by atoms with Crippen molar-refractivity contribution in [1.82, 2.24) is 14.5 Å². The van der Waals surface area contributed by atoms with E-state index in [1.54, 1.807) is 4.57 Å². The number of alkyl halides is 3. The molecule has 32 heavy (non-hydrogen) atoms. The van der Waals surface area contributed by atoms with E-state index in [4.69, 9.17) is 0 Å². The number of pyridine rings is 1. The standard InChI is InChI=1S/C22H22F4N4O2/c1-20(10-3-11-20)30-18-15(8-9-16(28-18)22(24,25)26)27-19(30)29-17(31)12-21(2,32)13-4-6-14(23)7-5-13/h4-9,32H,3,10-12H2,1-2H3,(H,27,29,31). The van der Waals surface area contributed by atoms with Gasteiger partial charge in [-0.1, -0.05) is 12.1 Å². The average Bonchev–Trinajstić information content (AvgIpc) is 3.02. The molecule has 1 atom stereocenters. The fraction of sp³-hybridized carbons (Fsp3) is 0.409. The molecule has 4 rings (SSSR count). The first kappa shape index (κ1) is 22.2. The van der Waals surface area contributed by atoms with Gasteiger partial charge >= 0.3 is 6.18 Å². The average molecular weight is 450 g/mol. The molecule has 1 aliphatic carbocycles. The largest absolute Gasteiger partial charge is 0.433 e. The highest BCUT2D eigenvalue weighted by Gasteiger charge is 2.39. The summed E-state index contributed by atoms with van der Waals surface area (Å²) in [5.41, 5.74) is -2.53. The number of aromatic nitrogens is 3. The van der Waals surface area contributed by atoms with Gasteiger partial charge in [0.05, 0.1) is 12.0 Å². The summed E-state index contributed by atoms with van der Waals surface area (Å²) in [6, 6.07) is 7.22. The number of nitrogens with one attached hydrogen (secondary N) is 1. The number of rotatable bonds is 5. The third-order valence-corrected chi connectivity index (χ3v) is 5.99. The van der Waals surface area contributed by atoms with Gasteiger partial charge in [0.2, 0.25) is 11.9 Å². The van der Waals surface area contributed by atoms with Crippen LogP contribution in [0.3, 0.4) is 0 Å². The van der Waals surface area contributed by atoms with Gasteiger partial charge in [-0.15, -0.1) is 0 Å². The van der Waals surface area contributed by atoms with Crippen molar-refractivity contribution in [3.63, 3.8) is 0 Å². The molecule has 10 heteroatoms. The number of benzene rings is 1. The smallest absolute Gasteiger partial charge is 0.385 e. The molecule has 170 valence electrons. The van der Waals surface area contributed by atoms with E-state index < -0.39 is 34.7 Å². The van der Waals surface area contributed by atoms with Crippen molar-refractivity contribution in [2.45, 2.75) is 56.8 Å². The molecule has 0 aliphatic heterocycles. The highest BCUT2D eigenvalue weighted by molar-refractivity contribution is 5.92. The molecule has 1 aromatic carbocycles. The van der Waals surface area contributed by atoms with Crippen molar-refractivity contribution in [3.05, 3.63) is 53.5 Å². The van der Waals surface area contributed by atoms with Crippen molar-refractivity contribution < 1.29 is 27.5 Å². The first-order valence-corrected chi connectivity index (χ1v) is 10.1. The van der Waals surface area contributed by atoms with Gasteiger partial charge in [-0.3, -0.25) is 14.7 Å². The second kappa shape index (κ2) is 7.54. The zero-order chi connectivity index (χ0) is 23.3. The van der Waals surface area contributed by atoms with E-state index in [1.165, 1.54) is 37.3 Å². The van der Waals surface area contributed by atoms with Gasteiger partial charge in [0.15, 0.2) is 5.65 Å². The Hall–Kier alpha value is -3.01. The quantitative estimate of drug-likeness (QED) is 0.551. The minimum Gasteiger partial charge on any atom is -0.385 e. The molecule has 2 N–H and O–H groups in total. The zero-order valence-corrected chi connectivity index (χ0v) is 17.5. The molecule has 6 nitrogen and oxygen atoms in total. The van der Waals surface area contributed by atoms with Crippen molar-refractivity contribution in [2.24, 2.45) is 0 Å². The van der Waals surface area contributed by atoms with Gasteiger partial charge in [-0.25, -0.2) is 14.4 Å². The third-order valence-electron chi connectivity index (χ3n) is 5.99. The molecule has 0 saturated heterocycles. The number of hydrogen-bond acceptors (Lipinski definition) is 4. The Kier molecular flexibility index (Phi) is 5.23. The summed E-state index contributed by atoms with van der Waals surface area (Å²) in [6.07, 6.45) is -2.68. The maximum absolute atomic E-state index is 13.2. The Morgan fingerprint density at radius 3 is 2.38 bits per heavy atom. The van der Waals surface area contributed by atoms with Crippen LogP contribution in [0.15, 0.2) is 36.4 Å². The Balaban J connectivity index is 1.67. The van der Waals surface area contributed by atoms with Gasteiger partial charge < -0.3 is 5.11 Å².